The number of rotatable bonds is 7. The molecule has 18 heavy (non-hydrogen) atoms. The van der Waals surface area contributed by atoms with Crippen LogP contribution in [0, 0.1) is 6.92 Å². The van der Waals surface area contributed by atoms with E-state index in [9.17, 15) is 8.42 Å². The summed E-state index contributed by atoms with van der Waals surface area (Å²) in [4.78, 5) is 0. The molecule has 0 spiro atoms. The molecule has 100 valence electrons. The first kappa shape index (κ1) is 13.5. The lowest BCUT2D eigenvalue weighted by Crippen LogP contribution is -2.32. The highest BCUT2D eigenvalue weighted by Crippen LogP contribution is 2.18. The highest BCUT2D eigenvalue weighted by Gasteiger charge is 2.21. The van der Waals surface area contributed by atoms with Crippen LogP contribution in [0.4, 0.5) is 0 Å². The fourth-order valence-corrected chi connectivity index (χ4v) is 2.66. The van der Waals surface area contributed by atoms with Crippen LogP contribution >= 0.6 is 0 Å². The minimum absolute atomic E-state index is 0.148. The van der Waals surface area contributed by atoms with Gasteiger partial charge in [0.05, 0.1) is 5.75 Å². The maximum atomic E-state index is 11.8. The van der Waals surface area contributed by atoms with Gasteiger partial charge in [-0.3, -0.25) is 0 Å². The monoisotopic (exact) mass is 268 g/mol. The van der Waals surface area contributed by atoms with Crippen LogP contribution in [0.15, 0.2) is 24.3 Å². The quantitative estimate of drug-likeness (QED) is 0.780. The van der Waals surface area contributed by atoms with E-state index in [2.05, 4.69) is 10.0 Å². The molecule has 1 saturated carbocycles. The van der Waals surface area contributed by atoms with Gasteiger partial charge in [0.1, 0.15) is 0 Å². The fourth-order valence-electron chi connectivity index (χ4n) is 1.75. The predicted octanol–water partition coefficient (Wildman–Crippen LogP) is 1.17. The van der Waals surface area contributed by atoms with Crippen molar-refractivity contribution in [1.82, 2.24) is 10.0 Å². The van der Waals surface area contributed by atoms with Crippen LogP contribution in [-0.4, -0.2) is 26.8 Å². The van der Waals surface area contributed by atoms with Crippen molar-refractivity contribution in [1.29, 1.82) is 0 Å². The Bertz CT molecular complexity index is 495. The smallest absolute Gasteiger partial charge is 0.213 e. The van der Waals surface area contributed by atoms with E-state index in [1.807, 2.05) is 31.2 Å². The SMILES string of the molecule is Cc1ccccc1CNS(=O)(=O)CCNC1CC1. The highest BCUT2D eigenvalue weighted by molar-refractivity contribution is 7.89. The van der Waals surface area contributed by atoms with Crippen LogP contribution in [-0.2, 0) is 16.6 Å². The summed E-state index contributed by atoms with van der Waals surface area (Å²) >= 11 is 0. The molecule has 1 aromatic rings. The van der Waals surface area contributed by atoms with Crippen molar-refractivity contribution < 1.29 is 8.42 Å². The van der Waals surface area contributed by atoms with Crippen LogP contribution in [0.2, 0.25) is 0 Å². The summed E-state index contributed by atoms with van der Waals surface area (Å²) in [5, 5.41) is 3.20. The first-order valence-electron chi connectivity index (χ1n) is 6.32. The zero-order chi connectivity index (χ0) is 13.0. The van der Waals surface area contributed by atoms with Crippen LogP contribution in [0.1, 0.15) is 24.0 Å². The summed E-state index contributed by atoms with van der Waals surface area (Å²) in [6.07, 6.45) is 2.35. The van der Waals surface area contributed by atoms with Crippen LogP contribution in [0.3, 0.4) is 0 Å². The molecule has 1 aliphatic rings. The third-order valence-electron chi connectivity index (χ3n) is 3.12. The third-order valence-corrected chi connectivity index (χ3v) is 4.45. The van der Waals surface area contributed by atoms with Gasteiger partial charge in [-0.25, -0.2) is 13.1 Å². The molecular formula is C13H20N2O2S. The molecule has 0 radical (unpaired) electrons. The second-order valence-corrected chi connectivity index (χ2v) is 6.72. The molecule has 0 atom stereocenters. The van der Waals surface area contributed by atoms with E-state index < -0.39 is 10.0 Å². The van der Waals surface area contributed by atoms with Gasteiger partial charge in [-0.15, -0.1) is 0 Å². The second kappa shape index (κ2) is 5.82. The Morgan fingerprint density at radius 3 is 2.67 bits per heavy atom. The normalized spacial score (nSPS) is 15.8. The molecule has 1 aromatic carbocycles. The summed E-state index contributed by atoms with van der Waals surface area (Å²) in [5.74, 6) is 0.148. The van der Waals surface area contributed by atoms with Crippen molar-refractivity contribution in [3.8, 4) is 0 Å². The summed E-state index contributed by atoms with van der Waals surface area (Å²) in [7, 11) is -3.18. The zero-order valence-corrected chi connectivity index (χ0v) is 11.5. The molecular weight excluding hydrogens is 248 g/mol. The van der Waals surface area contributed by atoms with Crippen molar-refractivity contribution in [2.24, 2.45) is 0 Å². The lowest BCUT2D eigenvalue weighted by molar-refractivity contribution is 0.576. The molecule has 0 aromatic heterocycles. The number of aryl methyl sites for hydroxylation is 1. The highest BCUT2D eigenvalue weighted by atomic mass is 32.2. The molecule has 1 fully saturated rings. The van der Waals surface area contributed by atoms with Gasteiger partial charge in [0.2, 0.25) is 10.0 Å². The van der Waals surface area contributed by atoms with Gasteiger partial charge < -0.3 is 5.32 Å². The van der Waals surface area contributed by atoms with Crippen LogP contribution in [0.25, 0.3) is 0 Å². The number of sulfonamides is 1. The zero-order valence-electron chi connectivity index (χ0n) is 10.6. The molecule has 0 unspecified atom stereocenters. The topological polar surface area (TPSA) is 58.2 Å². The van der Waals surface area contributed by atoms with E-state index in [1.165, 1.54) is 12.8 Å². The Hall–Kier alpha value is -0.910. The summed E-state index contributed by atoms with van der Waals surface area (Å²) < 4.78 is 26.2. The second-order valence-electron chi connectivity index (χ2n) is 4.79. The first-order chi connectivity index (χ1) is 8.57. The predicted molar refractivity (Wildman–Crippen MR) is 72.8 cm³/mol. The van der Waals surface area contributed by atoms with Crippen LogP contribution < -0.4 is 10.0 Å². The van der Waals surface area contributed by atoms with Crippen molar-refractivity contribution >= 4 is 10.0 Å². The Morgan fingerprint density at radius 1 is 1.28 bits per heavy atom. The fraction of sp³-hybridized carbons (Fsp3) is 0.538. The molecule has 2 N–H and O–H groups in total. The van der Waals surface area contributed by atoms with Crippen molar-refractivity contribution in [3.63, 3.8) is 0 Å². The van der Waals surface area contributed by atoms with E-state index in [4.69, 9.17) is 0 Å². The van der Waals surface area contributed by atoms with E-state index in [-0.39, 0.29) is 5.75 Å². The lowest BCUT2D eigenvalue weighted by atomic mass is 10.1. The maximum Gasteiger partial charge on any atom is 0.213 e. The summed E-state index contributed by atoms with van der Waals surface area (Å²) in [6, 6.07) is 8.35. The van der Waals surface area contributed by atoms with Crippen molar-refractivity contribution in [3.05, 3.63) is 35.4 Å². The number of benzene rings is 1. The molecule has 0 bridgehead atoms. The number of nitrogens with one attached hydrogen (secondary N) is 2. The number of hydrogen-bond donors (Lipinski definition) is 2. The number of hydrogen-bond acceptors (Lipinski definition) is 3. The van der Waals surface area contributed by atoms with Crippen molar-refractivity contribution in [2.45, 2.75) is 32.4 Å². The van der Waals surface area contributed by atoms with E-state index in [0.29, 0.717) is 19.1 Å². The molecule has 1 aliphatic carbocycles. The Kier molecular flexibility index (Phi) is 4.37. The van der Waals surface area contributed by atoms with Gasteiger partial charge in [0.25, 0.3) is 0 Å². The molecule has 4 nitrogen and oxygen atoms in total. The van der Waals surface area contributed by atoms with Gasteiger partial charge in [0.15, 0.2) is 0 Å². The van der Waals surface area contributed by atoms with Gasteiger partial charge in [-0.2, -0.15) is 0 Å². The van der Waals surface area contributed by atoms with Crippen molar-refractivity contribution in [2.75, 3.05) is 12.3 Å². The standard InChI is InChI=1S/C13H20N2O2S/c1-11-4-2-3-5-12(11)10-15-18(16,17)9-8-14-13-6-7-13/h2-5,13-15H,6-10H2,1H3. The maximum absolute atomic E-state index is 11.8. The Balaban J connectivity index is 1.78. The van der Waals surface area contributed by atoms with E-state index >= 15 is 0 Å². The molecule has 0 aliphatic heterocycles. The molecule has 0 heterocycles. The lowest BCUT2D eigenvalue weighted by Gasteiger charge is -2.09. The third kappa shape index (κ3) is 4.40. The average Bonchev–Trinajstić information content (AvgIpc) is 3.12. The first-order valence-corrected chi connectivity index (χ1v) is 7.97. The van der Waals surface area contributed by atoms with Crippen LogP contribution in [0.5, 0.6) is 0 Å². The van der Waals surface area contributed by atoms with Gasteiger partial charge in [0, 0.05) is 19.1 Å². The Morgan fingerprint density at radius 2 is 2.00 bits per heavy atom. The molecule has 5 heteroatoms. The minimum Gasteiger partial charge on any atom is -0.313 e. The molecule has 0 saturated heterocycles. The van der Waals surface area contributed by atoms with Gasteiger partial charge in [-0.05, 0) is 30.9 Å². The molecule has 2 rings (SSSR count). The average molecular weight is 268 g/mol. The molecule has 0 amide bonds. The largest absolute Gasteiger partial charge is 0.313 e. The Labute approximate surface area is 109 Å². The van der Waals surface area contributed by atoms with E-state index in [1.54, 1.807) is 0 Å². The van der Waals surface area contributed by atoms with Gasteiger partial charge >= 0.3 is 0 Å². The van der Waals surface area contributed by atoms with E-state index in [0.717, 1.165) is 11.1 Å². The van der Waals surface area contributed by atoms with Gasteiger partial charge in [-0.1, -0.05) is 24.3 Å². The minimum atomic E-state index is -3.18. The summed E-state index contributed by atoms with van der Waals surface area (Å²) in [5.41, 5.74) is 2.13. The summed E-state index contributed by atoms with van der Waals surface area (Å²) in [6.45, 7) is 2.89.